The van der Waals surface area contributed by atoms with Crippen LogP contribution in [0.1, 0.15) is 33.4 Å². The minimum absolute atomic E-state index is 0.0138. The van der Waals surface area contributed by atoms with Gasteiger partial charge in [0.1, 0.15) is 23.0 Å². The van der Waals surface area contributed by atoms with Crippen LogP contribution >= 0.6 is 0 Å². The van der Waals surface area contributed by atoms with Crippen LogP contribution in [-0.4, -0.2) is 44.3 Å². The van der Waals surface area contributed by atoms with E-state index < -0.39 is 0 Å². The molecule has 0 unspecified atom stereocenters. The summed E-state index contributed by atoms with van der Waals surface area (Å²) in [5, 5.41) is 42.6. The zero-order valence-corrected chi connectivity index (χ0v) is 23.4. The summed E-state index contributed by atoms with van der Waals surface area (Å²) >= 11 is 0. The molecular weight excluding hydrogens is 552 g/mol. The molecule has 2 heterocycles. The van der Waals surface area contributed by atoms with Gasteiger partial charge in [-0.15, -0.1) is 0 Å². The van der Waals surface area contributed by atoms with E-state index in [1.165, 1.54) is 36.7 Å². The van der Waals surface area contributed by atoms with Gasteiger partial charge in [-0.25, -0.2) is 0 Å². The SMILES string of the molecule is Oc1cc(C2=Nc3ccccc3C2)c(O)cc1C=Nc1ccc(N=Cc2cc(O)c(C3=Nc4ccccc4C3)cc2O)cc1. The number of hydrogen-bond acceptors (Lipinski definition) is 8. The molecule has 0 saturated heterocycles. The second kappa shape index (κ2) is 11.0. The van der Waals surface area contributed by atoms with Crippen LogP contribution in [0.5, 0.6) is 23.0 Å². The van der Waals surface area contributed by atoms with Crippen LogP contribution in [0.3, 0.4) is 0 Å². The fourth-order valence-electron chi connectivity index (χ4n) is 5.35. The monoisotopic (exact) mass is 578 g/mol. The number of para-hydroxylation sites is 2. The Bertz CT molecular complexity index is 1910. The van der Waals surface area contributed by atoms with Gasteiger partial charge in [0, 0.05) is 47.5 Å². The second-order valence-electron chi connectivity index (χ2n) is 10.6. The number of aromatic hydroxyl groups is 4. The maximum atomic E-state index is 10.7. The topological polar surface area (TPSA) is 130 Å². The van der Waals surface area contributed by atoms with Gasteiger partial charge in [-0.05, 0) is 71.8 Å². The zero-order chi connectivity index (χ0) is 30.2. The Balaban J connectivity index is 1.03. The van der Waals surface area contributed by atoms with E-state index in [0.29, 0.717) is 57.9 Å². The molecule has 5 aromatic carbocycles. The average molecular weight is 579 g/mol. The molecule has 214 valence electrons. The van der Waals surface area contributed by atoms with Gasteiger partial charge in [0.05, 0.1) is 34.2 Å². The lowest BCUT2D eigenvalue weighted by Crippen LogP contribution is -2.01. The molecule has 7 rings (SSSR count). The Labute approximate surface area is 253 Å². The number of phenols is 4. The first-order valence-electron chi connectivity index (χ1n) is 14.0. The largest absolute Gasteiger partial charge is 0.507 e. The number of nitrogens with zero attached hydrogens (tertiary/aromatic N) is 4. The second-order valence-corrected chi connectivity index (χ2v) is 10.6. The molecule has 4 N–H and O–H groups in total. The van der Waals surface area contributed by atoms with Crippen LogP contribution in [0.25, 0.3) is 0 Å². The van der Waals surface area contributed by atoms with Crippen molar-refractivity contribution >= 4 is 46.6 Å². The van der Waals surface area contributed by atoms with Crippen LogP contribution < -0.4 is 0 Å². The third-order valence-corrected chi connectivity index (χ3v) is 7.68. The van der Waals surface area contributed by atoms with Crippen LogP contribution in [0.2, 0.25) is 0 Å². The van der Waals surface area contributed by atoms with Crippen molar-refractivity contribution in [2.45, 2.75) is 12.8 Å². The van der Waals surface area contributed by atoms with Crippen LogP contribution in [0, 0.1) is 0 Å². The first-order valence-corrected chi connectivity index (χ1v) is 14.0. The summed E-state index contributed by atoms with van der Waals surface area (Å²) in [4.78, 5) is 18.0. The van der Waals surface area contributed by atoms with Gasteiger partial charge in [0.25, 0.3) is 0 Å². The lowest BCUT2D eigenvalue weighted by molar-refractivity contribution is 0.458. The molecule has 0 bridgehead atoms. The van der Waals surface area contributed by atoms with Crippen molar-refractivity contribution in [3.8, 4) is 23.0 Å². The van der Waals surface area contributed by atoms with E-state index in [0.717, 1.165) is 22.5 Å². The van der Waals surface area contributed by atoms with E-state index in [9.17, 15) is 20.4 Å². The highest BCUT2D eigenvalue weighted by Crippen LogP contribution is 2.35. The molecule has 0 aromatic heterocycles. The fourth-order valence-corrected chi connectivity index (χ4v) is 5.35. The van der Waals surface area contributed by atoms with Crippen molar-refractivity contribution in [3.05, 3.63) is 130 Å². The molecule has 8 nitrogen and oxygen atoms in total. The molecule has 0 spiro atoms. The standard InChI is InChI=1S/C36H26N4O4/c41-33-17-27(31-13-21-5-1-3-7-29(21)39-31)35(43)15-23(33)19-37-25-9-11-26(12-10-25)38-20-24-16-36(44)28(18-34(24)42)32-14-22-6-2-4-8-30(22)40-32/h1-12,15-20,41-44H,13-14H2. The fraction of sp³-hybridized carbons (Fsp3) is 0.0556. The highest BCUT2D eigenvalue weighted by molar-refractivity contribution is 6.10. The summed E-state index contributed by atoms with van der Waals surface area (Å²) in [5.41, 5.74) is 8.25. The summed E-state index contributed by atoms with van der Waals surface area (Å²) in [5.74, 6) is 0.00775. The third-order valence-electron chi connectivity index (χ3n) is 7.68. The van der Waals surface area contributed by atoms with Gasteiger partial charge in [-0.1, -0.05) is 36.4 Å². The minimum Gasteiger partial charge on any atom is -0.507 e. The highest BCUT2D eigenvalue weighted by atomic mass is 16.3. The lowest BCUT2D eigenvalue weighted by Gasteiger charge is -2.08. The maximum absolute atomic E-state index is 10.7. The molecule has 0 fully saturated rings. The van der Waals surface area contributed by atoms with Gasteiger partial charge in [0.15, 0.2) is 0 Å². The molecule has 8 heteroatoms. The molecule has 0 amide bonds. The zero-order valence-electron chi connectivity index (χ0n) is 23.4. The average Bonchev–Trinajstić information content (AvgIpc) is 3.66. The van der Waals surface area contributed by atoms with E-state index in [-0.39, 0.29) is 23.0 Å². The molecule has 2 aliphatic heterocycles. The smallest absolute Gasteiger partial charge is 0.125 e. The van der Waals surface area contributed by atoms with E-state index in [2.05, 4.69) is 20.0 Å². The molecule has 0 atom stereocenters. The summed E-state index contributed by atoms with van der Waals surface area (Å²) in [6.45, 7) is 0. The summed E-state index contributed by atoms with van der Waals surface area (Å²) in [7, 11) is 0. The predicted octanol–water partition coefficient (Wildman–Crippen LogP) is 7.36. The molecule has 44 heavy (non-hydrogen) atoms. The van der Waals surface area contributed by atoms with Gasteiger partial charge in [0.2, 0.25) is 0 Å². The normalized spacial score (nSPS) is 13.7. The quantitative estimate of drug-likeness (QED) is 0.124. The Morgan fingerprint density at radius 1 is 0.500 bits per heavy atom. The van der Waals surface area contributed by atoms with Crippen molar-refractivity contribution in [3.63, 3.8) is 0 Å². The number of fused-ring (bicyclic) bond motifs is 2. The predicted molar refractivity (Wildman–Crippen MR) is 173 cm³/mol. The molecule has 0 aliphatic carbocycles. The molecule has 2 aliphatic rings. The van der Waals surface area contributed by atoms with Crippen molar-refractivity contribution in [1.82, 2.24) is 0 Å². The lowest BCUT2D eigenvalue weighted by atomic mass is 10.0. The number of benzene rings is 5. The highest BCUT2D eigenvalue weighted by Gasteiger charge is 2.21. The Hall–Kier alpha value is -6.02. The van der Waals surface area contributed by atoms with Crippen LogP contribution in [0.15, 0.2) is 117 Å². The molecule has 0 radical (unpaired) electrons. The van der Waals surface area contributed by atoms with Crippen molar-refractivity contribution in [1.29, 1.82) is 0 Å². The van der Waals surface area contributed by atoms with Gasteiger partial charge < -0.3 is 20.4 Å². The third kappa shape index (κ3) is 5.20. The van der Waals surface area contributed by atoms with Gasteiger partial charge in [-0.2, -0.15) is 0 Å². The summed E-state index contributed by atoms with van der Waals surface area (Å²) in [6, 6.07) is 28.6. The Morgan fingerprint density at radius 2 is 0.909 bits per heavy atom. The van der Waals surface area contributed by atoms with Gasteiger partial charge >= 0.3 is 0 Å². The Kier molecular flexibility index (Phi) is 6.71. The van der Waals surface area contributed by atoms with E-state index in [1.54, 1.807) is 24.3 Å². The minimum atomic E-state index is -0.0138. The summed E-state index contributed by atoms with van der Waals surface area (Å²) < 4.78 is 0. The van der Waals surface area contributed by atoms with Crippen LogP contribution in [0.4, 0.5) is 22.7 Å². The number of phenolic OH excluding ortho intramolecular Hbond substituents is 4. The number of rotatable bonds is 6. The van der Waals surface area contributed by atoms with Crippen molar-refractivity contribution < 1.29 is 20.4 Å². The van der Waals surface area contributed by atoms with Gasteiger partial charge in [-0.3, -0.25) is 20.0 Å². The maximum Gasteiger partial charge on any atom is 0.125 e. The molecule has 0 saturated carbocycles. The van der Waals surface area contributed by atoms with Crippen molar-refractivity contribution in [2.75, 3.05) is 0 Å². The van der Waals surface area contributed by atoms with Crippen molar-refractivity contribution in [2.24, 2.45) is 20.0 Å². The molecular formula is C36H26N4O4. The summed E-state index contributed by atoms with van der Waals surface area (Å²) in [6.07, 6.45) is 4.14. The Morgan fingerprint density at radius 3 is 1.32 bits per heavy atom. The van der Waals surface area contributed by atoms with E-state index >= 15 is 0 Å². The first-order chi connectivity index (χ1) is 21.4. The van der Waals surface area contributed by atoms with Crippen LogP contribution in [-0.2, 0) is 12.8 Å². The number of aliphatic imine (C=N–C) groups is 4. The number of hydrogen-bond donors (Lipinski definition) is 4. The molecule has 5 aromatic rings. The van der Waals surface area contributed by atoms with E-state index in [4.69, 9.17) is 0 Å². The first kappa shape index (κ1) is 26.9. The van der Waals surface area contributed by atoms with E-state index in [1.807, 2.05) is 48.5 Å².